The van der Waals surface area contributed by atoms with Crippen molar-refractivity contribution in [1.82, 2.24) is 14.9 Å². The summed E-state index contributed by atoms with van der Waals surface area (Å²) in [5.74, 6) is -0.426. The van der Waals surface area contributed by atoms with Crippen LogP contribution in [0.2, 0.25) is 0 Å². The van der Waals surface area contributed by atoms with Gasteiger partial charge in [0.15, 0.2) is 5.78 Å². The standard InChI is InChI=1S/C30H28FN5O/c1-2-14-35-15-17-36(18-16-35)22-12-8-19(9-13-22)23-4-3-5-24-25(23)28-26(29(24)37)27(33-30(32)34-28)20-6-10-21(31)11-7-20/h3-13H,2,14-18H2,1H3,(H2,32,33,34). The number of hydrogen-bond acceptors (Lipinski definition) is 6. The molecule has 1 aliphatic heterocycles. The largest absolute Gasteiger partial charge is 0.369 e. The van der Waals surface area contributed by atoms with Gasteiger partial charge in [-0.25, -0.2) is 14.4 Å². The lowest BCUT2D eigenvalue weighted by molar-refractivity contribution is 0.104. The fourth-order valence-electron chi connectivity index (χ4n) is 5.46. The Bertz CT molecular complexity index is 1480. The number of rotatable bonds is 5. The number of hydrogen-bond donors (Lipinski definition) is 1. The smallest absolute Gasteiger partial charge is 0.221 e. The van der Waals surface area contributed by atoms with Gasteiger partial charge in [-0.05, 0) is 60.5 Å². The molecule has 0 bridgehead atoms. The van der Waals surface area contributed by atoms with Crippen LogP contribution in [-0.4, -0.2) is 53.4 Å². The quantitative estimate of drug-likeness (QED) is 0.359. The van der Waals surface area contributed by atoms with Gasteiger partial charge >= 0.3 is 0 Å². The second-order valence-electron chi connectivity index (χ2n) is 9.59. The number of anilines is 2. The van der Waals surface area contributed by atoms with Crippen molar-refractivity contribution in [2.75, 3.05) is 43.4 Å². The summed E-state index contributed by atoms with van der Waals surface area (Å²) >= 11 is 0. The molecule has 1 saturated heterocycles. The van der Waals surface area contributed by atoms with Crippen molar-refractivity contribution in [2.45, 2.75) is 13.3 Å². The molecule has 1 aliphatic carbocycles. The van der Waals surface area contributed by atoms with Gasteiger partial charge in [0.1, 0.15) is 5.82 Å². The van der Waals surface area contributed by atoms with E-state index in [2.05, 4.69) is 51.0 Å². The Morgan fingerprint density at radius 3 is 2.16 bits per heavy atom. The van der Waals surface area contributed by atoms with Crippen LogP contribution in [0.4, 0.5) is 16.0 Å². The van der Waals surface area contributed by atoms with Crippen LogP contribution in [0.25, 0.3) is 33.6 Å². The molecule has 1 fully saturated rings. The van der Waals surface area contributed by atoms with Gasteiger partial charge in [0.05, 0.1) is 17.0 Å². The number of aromatic nitrogens is 2. The van der Waals surface area contributed by atoms with E-state index in [0.717, 1.165) is 49.4 Å². The van der Waals surface area contributed by atoms with E-state index in [1.165, 1.54) is 24.2 Å². The number of ketones is 1. The van der Waals surface area contributed by atoms with E-state index in [0.29, 0.717) is 28.1 Å². The average Bonchev–Trinajstić information content (AvgIpc) is 3.21. The molecule has 0 atom stereocenters. The van der Waals surface area contributed by atoms with Crippen LogP contribution in [0.5, 0.6) is 0 Å². The molecular weight excluding hydrogens is 465 g/mol. The Morgan fingerprint density at radius 1 is 0.811 bits per heavy atom. The van der Waals surface area contributed by atoms with E-state index in [9.17, 15) is 9.18 Å². The summed E-state index contributed by atoms with van der Waals surface area (Å²) in [6, 6.07) is 20.2. The van der Waals surface area contributed by atoms with Gasteiger partial charge < -0.3 is 10.6 Å². The first kappa shape index (κ1) is 23.3. The van der Waals surface area contributed by atoms with Crippen LogP contribution in [0.3, 0.4) is 0 Å². The zero-order chi connectivity index (χ0) is 25.5. The number of piperazine rings is 1. The number of carbonyl (C=O) groups is 1. The summed E-state index contributed by atoms with van der Waals surface area (Å²) in [6.07, 6.45) is 1.18. The number of fused-ring (bicyclic) bond motifs is 3. The first-order valence-corrected chi connectivity index (χ1v) is 12.7. The molecule has 3 aromatic carbocycles. The Morgan fingerprint density at radius 2 is 1.46 bits per heavy atom. The van der Waals surface area contributed by atoms with E-state index in [-0.39, 0.29) is 17.5 Å². The number of nitrogen functional groups attached to an aromatic ring is 1. The number of carbonyl (C=O) groups excluding carboxylic acids is 1. The maximum absolute atomic E-state index is 13.6. The molecule has 7 heteroatoms. The van der Waals surface area contributed by atoms with Gasteiger partial charge in [-0.15, -0.1) is 0 Å². The molecule has 37 heavy (non-hydrogen) atoms. The van der Waals surface area contributed by atoms with Crippen LogP contribution < -0.4 is 10.6 Å². The number of halogens is 1. The molecule has 0 unspecified atom stereocenters. The lowest BCUT2D eigenvalue weighted by atomic mass is 9.96. The first-order chi connectivity index (χ1) is 18.0. The molecule has 6 nitrogen and oxygen atoms in total. The third-order valence-electron chi connectivity index (χ3n) is 7.27. The summed E-state index contributed by atoms with van der Waals surface area (Å²) < 4.78 is 13.6. The van der Waals surface area contributed by atoms with Crippen molar-refractivity contribution in [3.05, 3.63) is 83.7 Å². The van der Waals surface area contributed by atoms with E-state index in [4.69, 9.17) is 5.73 Å². The molecule has 1 aromatic heterocycles. The molecule has 0 radical (unpaired) electrons. The van der Waals surface area contributed by atoms with Gasteiger partial charge in [0.25, 0.3) is 0 Å². The van der Waals surface area contributed by atoms with Crippen molar-refractivity contribution < 1.29 is 9.18 Å². The van der Waals surface area contributed by atoms with Gasteiger partial charge in [-0.2, -0.15) is 0 Å². The van der Waals surface area contributed by atoms with Crippen molar-refractivity contribution in [3.8, 4) is 33.6 Å². The topological polar surface area (TPSA) is 75.3 Å². The van der Waals surface area contributed by atoms with E-state index >= 15 is 0 Å². The van der Waals surface area contributed by atoms with Gasteiger partial charge in [0, 0.05) is 48.6 Å². The van der Waals surface area contributed by atoms with E-state index in [1.54, 1.807) is 12.1 Å². The minimum atomic E-state index is -0.356. The average molecular weight is 494 g/mol. The third-order valence-corrected chi connectivity index (χ3v) is 7.27. The van der Waals surface area contributed by atoms with Crippen molar-refractivity contribution in [2.24, 2.45) is 0 Å². The highest BCUT2D eigenvalue weighted by Gasteiger charge is 2.34. The monoisotopic (exact) mass is 493 g/mol. The predicted octanol–water partition coefficient (Wildman–Crippen LogP) is 5.28. The molecule has 0 spiro atoms. The molecule has 186 valence electrons. The highest BCUT2D eigenvalue weighted by atomic mass is 19.1. The summed E-state index contributed by atoms with van der Waals surface area (Å²) in [4.78, 5) is 27.4. The fourth-order valence-corrected chi connectivity index (χ4v) is 5.46. The number of nitrogens with zero attached hydrogens (tertiary/aromatic N) is 4. The third kappa shape index (κ3) is 4.15. The van der Waals surface area contributed by atoms with Crippen molar-refractivity contribution in [1.29, 1.82) is 0 Å². The van der Waals surface area contributed by atoms with Crippen molar-refractivity contribution >= 4 is 17.4 Å². The fraction of sp³-hybridized carbons (Fsp3) is 0.233. The van der Waals surface area contributed by atoms with Crippen LogP contribution in [0.15, 0.2) is 66.7 Å². The Balaban J connectivity index is 1.37. The summed E-state index contributed by atoms with van der Waals surface area (Å²) in [5.41, 5.74) is 12.6. The van der Waals surface area contributed by atoms with Crippen molar-refractivity contribution in [3.63, 3.8) is 0 Å². The Hall–Kier alpha value is -4.10. The minimum Gasteiger partial charge on any atom is -0.369 e. The minimum absolute atomic E-state index is 0.0751. The summed E-state index contributed by atoms with van der Waals surface area (Å²) in [7, 11) is 0. The van der Waals surface area contributed by atoms with E-state index < -0.39 is 0 Å². The number of nitrogens with two attached hydrogens (primary N) is 1. The van der Waals surface area contributed by atoms with Gasteiger partial charge in [-0.1, -0.05) is 37.3 Å². The maximum Gasteiger partial charge on any atom is 0.221 e. The van der Waals surface area contributed by atoms with Gasteiger partial charge in [-0.3, -0.25) is 9.69 Å². The maximum atomic E-state index is 13.6. The van der Waals surface area contributed by atoms with Crippen LogP contribution in [0, 0.1) is 5.82 Å². The number of benzene rings is 3. The van der Waals surface area contributed by atoms with Gasteiger partial charge in [0.2, 0.25) is 5.95 Å². The highest BCUT2D eigenvalue weighted by molar-refractivity contribution is 6.25. The zero-order valence-electron chi connectivity index (χ0n) is 20.7. The second kappa shape index (κ2) is 9.41. The van der Waals surface area contributed by atoms with Crippen LogP contribution in [0.1, 0.15) is 29.3 Å². The molecule has 0 saturated carbocycles. The normalized spacial score (nSPS) is 15.1. The Kier molecular flexibility index (Phi) is 5.93. The predicted molar refractivity (Wildman–Crippen MR) is 145 cm³/mol. The lowest BCUT2D eigenvalue weighted by Gasteiger charge is -2.36. The Labute approximate surface area is 215 Å². The molecule has 0 amide bonds. The molecular formula is C30H28FN5O. The molecule has 2 N–H and O–H groups in total. The second-order valence-corrected chi connectivity index (χ2v) is 9.59. The summed E-state index contributed by atoms with van der Waals surface area (Å²) in [5, 5.41) is 0. The molecule has 4 aromatic rings. The first-order valence-electron chi connectivity index (χ1n) is 12.7. The molecule has 6 rings (SSSR count). The molecule has 2 aliphatic rings. The molecule has 2 heterocycles. The van der Waals surface area contributed by atoms with E-state index in [1.807, 2.05) is 18.2 Å². The van der Waals surface area contributed by atoms with Crippen LogP contribution in [-0.2, 0) is 0 Å². The highest BCUT2D eigenvalue weighted by Crippen LogP contribution is 2.45. The lowest BCUT2D eigenvalue weighted by Crippen LogP contribution is -2.46. The SMILES string of the molecule is CCCN1CCN(c2ccc(-c3cccc4c3-c3nc(N)nc(-c5ccc(F)cc5)c3C4=O)cc2)CC1. The zero-order valence-corrected chi connectivity index (χ0v) is 20.7. The van der Waals surface area contributed by atoms with Crippen LogP contribution >= 0.6 is 0 Å². The summed E-state index contributed by atoms with van der Waals surface area (Å²) in [6.45, 7) is 7.58.